The summed E-state index contributed by atoms with van der Waals surface area (Å²) >= 11 is 0. The normalized spacial score (nSPS) is 20.6. The Bertz CT molecular complexity index is 374. The van der Waals surface area contributed by atoms with Gasteiger partial charge in [0.25, 0.3) is 0 Å². The molecular formula is C14H24N4. The predicted molar refractivity (Wildman–Crippen MR) is 75.6 cm³/mol. The molecule has 2 heterocycles. The van der Waals surface area contributed by atoms with Gasteiger partial charge in [0.2, 0.25) is 0 Å². The first-order valence-electron chi connectivity index (χ1n) is 6.72. The van der Waals surface area contributed by atoms with Gasteiger partial charge < -0.3 is 10.6 Å². The molecule has 100 valence electrons. The average molecular weight is 248 g/mol. The minimum Gasteiger partial charge on any atom is -0.357 e. The fraction of sp³-hybridized carbons (Fsp3) is 0.643. The number of pyridine rings is 1. The highest BCUT2D eigenvalue weighted by Crippen LogP contribution is 2.15. The highest BCUT2D eigenvalue weighted by molar-refractivity contribution is 5.39. The molecule has 0 aromatic carbocycles. The molecule has 0 saturated carbocycles. The summed E-state index contributed by atoms with van der Waals surface area (Å²) in [6, 6.07) is 5.10. The second-order valence-electron chi connectivity index (χ2n) is 5.51. The SMILES string of the molecule is CC(C)N(C)c1ccc(CN2CCC(N)C2)cn1. The lowest BCUT2D eigenvalue weighted by Crippen LogP contribution is -2.27. The summed E-state index contributed by atoms with van der Waals surface area (Å²) in [5.41, 5.74) is 7.18. The van der Waals surface area contributed by atoms with E-state index in [9.17, 15) is 0 Å². The van der Waals surface area contributed by atoms with Crippen LogP contribution in [-0.2, 0) is 6.54 Å². The maximum absolute atomic E-state index is 5.91. The average Bonchev–Trinajstić information content (AvgIpc) is 2.75. The second-order valence-corrected chi connectivity index (χ2v) is 5.51. The fourth-order valence-corrected chi connectivity index (χ4v) is 2.25. The van der Waals surface area contributed by atoms with Crippen LogP contribution in [0.3, 0.4) is 0 Å². The number of nitrogens with zero attached hydrogens (tertiary/aromatic N) is 3. The van der Waals surface area contributed by atoms with Gasteiger partial charge in [0.05, 0.1) is 0 Å². The van der Waals surface area contributed by atoms with Crippen LogP contribution in [0.15, 0.2) is 18.3 Å². The topological polar surface area (TPSA) is 45.4 Å². The van der Waals surface area contributed by atoms with Crippen LogP contribution in [0, 0.1) is 0 Å². The molecule has 0 bridgehead atoms. The molecule has 4 nitrogen and oxygen atoms in total. The molecule has 1 fully saturated rings. The molecular weight excluding hydrogens is 224 g/mol. The van der Waals surface area contributed by atoms with Crippen molar-refractivity contribution in [3.63, 3.8) is 0 Å². The van der Waals surface area contributed by atoms with Gasteiger partial charge in [-0.05, 0) is 31.9 Å². The Kier molecular flexibility index (Phi) is 4.19. The van der Waals surface area contributed by atoms with Gasteiger partial charge in [-0.2, -0.15) is 0 Å². The van der Waals surface area contributed by atoms with Crippen molar-refractivity contribution in [2.45, 2.75) is 38.9 Å². The minimum atomic E-state index is 0.351. The molecule has 18 heavy (non-hydrogen) atoms. The number of nitrogens with two attached hydrogens (primary N) is 1. The maximum atomic E-state index is 5.91. The van der Waals surface area contributed by atoms with Crippen LogP contribution in [0.25, 0.3) is 0 Å². The molecule has 4 heteroatoms. The van der Waals surface area contributed by atoms with Gasteiger partial charge in [-0.1, -0.05) is 6.07 Å². The summed E-state index contributed by atoms with van der Waals surface area (Å²) in [6.45, 7) is 7.41. The number of rotatable bonds is 4. The Balaban J connectivity index is 1.95. The van der Waals surface area contributed by atoms with Crippen molar-refractivity contribution in [3.8, 4) is 0 Å². The molecule has 0 amide bonds. The second kappa shape index (κ2) is 5.67. The summed E-state index contributed by atoms with van der Waals surface area (Å²) in [5.74, 6) is 1.03. The van der Waals surface area contributed by atoms with Crippen LogP contribution in [0.1, 0.15) is 25.8 Å². The highest BCUT2D eigenvalue weighted by atomic mass is 15.2. The molecule has 1 aromatic heterocycles. The number of likely N-dealkylation sites (tertiary alicyclic amines) is 1. The van der Waals surface area contributed by atoms with E-state index in [1.54, 1.807) is 0 Å². The largest absolute Gasteiger partial charge is 0.357 e. The third-order valence-corrected chi connectivity index (χ3v) is 3.66. The first-order valence-corrected chi connectivity index (χ1v) is 6.72. The molecule has 1 aromatic rings. The fourth-order valence-electron chi connectivity index (χ4n) is 2.25. The molecule has 2 N–H and O–H groups in total. The molecule has 1 saturated heterocycles. The van der Waals surface area contributed by atoms with Gasteiger partial charge in [0, 0.05) is 45.0 Å². The van der Waals surface area contributed by atoms with E-state index < -0.39 is 0 Å². The first-order chi connectivity index (χ1) is 8.56. The molecule has 1 unspecified atom stereocenters. The lowest BCUT2D eigenvalue weighted by Gasteiger charge is -2.23. The summed E-state index contributed by atoms with van der Waals surface area (Å²) in [4.78, 5) is 9.10. The highest BCUT2D eigenvalue weighted by Gasteiger charge is 2.18. The van der Waals surface area contributed by atoms with Crippen LogP contribution in [0.4, 0.5) is 5.82 Å². The first kappa shape index (κ1) is 13.3. The van der Waals surface area contributed by atoms with Crippen molar-refractivity contribution in [2.75, 3.05) is 25.0 Å². The third-order valence-electron chi connectivity index (χ3n) is 3.66. The molecule has 1 aliphatic rings. The predicted octanol–water partition coefficient (Wildman–Crippen LogP) is 1.46. The number of anilines is 1. The van der Waals surface area contributed by atoms with Gasteiger partial charge in [-0.15, -0.1) is 0 Å². The van der Waals surface area contributed by atoms with Crippen LogP contribution >= 0.6 is 0 Å². The van der Waals surface area contributed by atoms with E-state index in [1.807, 2.05) is 6.20 Å². The monoisotopic (exact) mass is 248 g/mol. The van der Waals surface area contributed by atoms with Crippen molar-refractivity contribution in [2.24, 2.45) is 5.73 Å². The third kappa shape index (κ3) is 3.21. The van der Waals surface area contributed by atoms with Gasteiger partial charge in [0.15, 0.2) is 0 Å². The van der Waals surface area contributed by atoms with Crippen molar-refractivity contribution in [1.29, 1.82) is 0 Å². The summed E-state index contributed by atoms with van der Waals surface area (Å²) in [5, 5.41) is 0. The van der Waals surface area contributed by atoms with Crippen LogP contribution in [-0.4, -0.2) is 42.1 Å². The van der Waals surface area contributed by atoms with E-state index in [2.05, 4.69) is 47.8 Å². The smallest absolute Gasteiger partial charge is 0.128 e. The molecule has 0 spiro atoms. The van der Waals surface area contributed by atoms with Gasteiger partial charge in [0.1, 0.15) is 5.82 Å². The zero-order valence-electron chi connectivity index (χ0n) is 11.6. The minimum absolute atomic E-state index is 0.351. The van der Waals surface area contributed by atoms with Crippen LogP contribution in [0.5, 0.6) is 0 Å². The molecule has 1 aliphatic heterocycles. The van der Waals surface area contributed by atoms with Gasteiger partial charge in [-0.25, -0.2) is 4.98 Å². The van der Waals surface area contributed by atoms with Gasteiger partial charge >= 0.3 is 0 Å². The molecule has 2 rings (SSSR count). The maximum Gasteiger partial charge on any atom is 0.128 e. The Hall–Kier alpha value is -1.13. The number of aromatic nitrogens is 1. The van der Waals surface area contributed by atoms with E-state index in [1.165, 1.54) is 5.56 Å². The van der Waals surface area contributed by atoms with E-state index in [0.717, 1.165) is 31.9 Å². The van der Waals surface area contributed by atoms with E-state index in [-0.39, 0.29) is 0 Å². The Morgan fingerprint density at radius 2 is 2.28 bits per heavy atom. The molecule has 0 radical (unpaired) electrons. The quantitative estimate of drug-likeness (QED) is 0.876. The molecule has 1 atom stereocenters. The number of hydrogen-bond donors (Lipinski definition) is 1. The van der Waals surface area contributed by atoms with Crippen molar-refractivity contribution in [1.82, 2.24) is 9.88 Å². The Labute approximate surface area is 110 Å². The molecule has 0 aliphatic carbocycles. The zero-order valence-corrected chi connectivity index (χ0v) is 11.6. The van der Waals surface area contributed by atoms with Crippen molar-refractivity contribution in [3.05, 3.63) is 23.9 Å². The number of hydrogen-bond acceptors (Lipinski definition) is 4. The summed E-state index contributed by atoms with van der Waals surface area (Å²) in [7, 11) is 2.08. The lowest BCUT2D eigenvalue weighted by atomic mass is 10.2. The van der Waals surface area contributed by atoms with E-state index >= 15 is 0 Å². The summed E-state index contributed by atoms with van der Waals surface area (Å²) in [6.07, 6.45) is 3.10. The summed E-state index contributed by atoms with van der Waals surface area (Å²) < 4.78 is 0. The zero-order chi connectivity index (χ0) is 13.1. The Morgan fingerprint density at radius 3 is 2.78 bits per heavy atom. The van der Waals surface area contributed by atoms with Crippen molar-refractivity contribution < 1.29 is 0 Å². The Morgan fingerprint density at radius 1 is 1.50 bits per heavy atom. The van der Waals surface area contributed by atoms with Crippen LogP contribution in [0.2, 0.25) is 0 Å². The van der Waals surface area contributed by atoms with E-state index in [0.29, 0.717) is 12.1 Å². The van der Waals surface area contributed by atoms with Crippen LogP contribution < -0.4 is 10.6 Å². The standard InChI is InChI=1S/C14H24N4/c1-11(2)17(3)14-5-4-12(8-16-14)9-18-7-6-13(15)10-18/h4-5,8,11,13H,6-7,9-10,15H2,1-3H3. The lowest BCUT2D eigenvalue weighted by molar-refractivity contribution is 0.326. The van der Waals surface area contributed by atoms with Crippen molar-refractivity contribution >= 4 is 5.82 Å². The van der Waals surface area contributed by atoms with Gasteiger partial charge in [-0.3, -0.25) is 4.90 Å². The van der Waals surface area contributed by atoms with E-state index in [4.69, 9.17) is 5.73 Å².